The second kappa shape index (κ2) is 18.5. The summed E-state index contributed by atoms with van der Waals surface area (Å²) in [7, 11) is 0. The van der Waals surface area contributed by atoms with Gasteiger partial charge in [-0.3, -0.25) is 4.79 Å². The zero-order valence-electron chi connectivity index (χ0n) is 18.9. The maximum absolute atomic E-state index is 12.1. The standard InChI is InChI=1S/C25H49NO2/c1-2-3-4-15-20-24(27)21-16-9-7-5-6-8-10-17-22-25(28)26-23-18-13-11-12-14-19-23/h23-24,27H,2-22H2,1H3,(H,26,28). The molecule has 0 aromatic heterocycles. The van der Waals surface area contributed by atoms with Crippen LogP contribution < -0.4 is 5.32 Å². The van der Waals surface area contributed by atoms with Crippen molar-refractivity contribution < 1.29 is 9.90 Å². The average Bonchev–Trinajstić information content (AvgIpc) is 2.95. The molecular weight excluding hydrogens is 346 g/mol. The molecule has 166 valence electrons. The SMILES string of the molecule is CCCCCCC(O)CCCCCCCCCCC(=O)NC1CCCCCC1. The summed E-state index contributed by atoms with van der Waals surface area (Å²) >= 11 is 0. The van der Waals surface area contributed by atoms with Crippen LogP contribution in [0.1, 0.15) is 142 Å². The molecule has 0 radical (unpaired) electrons. The van der Waals surface area contributed by atoms with Crippen LogP contribution in [0.3, 0.4) is 0 Å². The summed E-state index contributed by atoms with van der Waals surface area (Å²) in [5.41, 5.74) is 0. The maximum Gasteiger partial charge on any atom is 0.220 e. The molecule has 3 nitrogen and oxygen atoms in total. The Morgan fingerprint density at radius 3 is 1.86 bits per heavy atom. The lowest BCUT2D eigenvalue weighted by Gasteiger charge is -2.16. The lowest BCUT2D eigenvalue weighted by Crippen LogP contribution is -2.34. The van der Waals surface area contributed by atoms with Crippen LogP contribution in [0.4, 0.5) is 0 Å². The molecule has 0 aromatic rings. The number of unbranched alkanes of at least 4 members (excludes halogenated alkanes) is 10. The van der Waals surface area contributed by atoms with Gasteiger partial charge in [0.2, 0.25) is 5.91 Å². The van der Waals surface area contributed by atoms with Crippen molar-refractivity contribution >= 4 is 5.91 Å². The van der Waals surface area contributed by atoms with Crippen LogP contribution in [0.5, 0.6) is 0 Å². The zero-order valence-corrected chi connectivity index (χ0v) is 18.9. The van der Waals surface area contributed by atoms with Crippen molar-refractivity contribution in [1.29, 1.82) is 0 Å². The summed E-state index contributed by atoms with van der Waals surface area (Å²) in [5, 5.41) is 13.2. The Labute approximate surface area is 175 Å². The highest BCUT2D eigenvalue weighted by Gasteiger charge is 2.14. The van der Waals surface area contributed by atoms with Crippen molar-refractivity contribution in [1.82, 2.24) is 5.32 Å². The molecule has 0 aromatic carbocycles. The number of aliphatic hydroxyl groups excluding tert-OH is 1. The van der Waals surface area contributed by atoms with E-state index in [0.29, 0.717) is 12.5 Å². The van der Waals surface area contributed by atoms with Crippen molar-refractivity contribution in [3.05, 3.63) is 0 Å². The molecule has 1 aliphatic carbocycles. The molecule has 28 heavy (non-hydrogen) atoms. The average molecular weight is 396 g/mol. The van der Waals surface area contributed by atoms with Crippen LogP contribution in [0.2, 0.25) is 0 Å². The van der Waals surface area contributed by atoms with Crippen molar-refractivity contribution in [2.75, 3.05) is 0 Å². The zero-order chi connectivity index (χ0) is 20.3. The molecule has 0 heterocycles. The van der Waals surface area contributed by atoms with E-state index in [-0.39, 0.29) is 12.0 Å². The summed E-state index contributed by atoms with van der Waals surface area (Å²) in [6, 6.07) is 0.449. The number of rotatable bonds is 17. The molecule has 1 atom stereocenters. The van der Waals surface area contributed by atoms with Crippen molar-refractivity contribution in [3.8, 4) is 0 Å². The fraction of sp³-hybridized carbons (Fsp3) is 0.960. The third-order valence-corrected chi connectivity index (χ3v) is 6.30. The Hall–Kier alpha value is -0.570. The summed E-state index contributed by atoms with van der Waals surface area (Å²) in [6.45, 7) is 2.23. The van der Waals surface area contributed by atoms with Gasteiger partial charge in [-0.05, 0) is 32.1 Å². The van der Waals surface area contributed by atoms with Gasteiger partial charge < -0.3 is 10.4 Å². The number of nitrogens with one attached hydrogen (secondary N) is 1. The van der Waals surface area contributed by atoms with Crippen molar-refractivity contribution in [2.24, 2.45) is 0 Å². The number of carbonyl (C=O) groups excluding carboxylic acids is 1. The van der Waals surface area contributed by atoms with E-state index >= 15 is 0 Å². The smallest absolute Gasteiger partial charge is 0.220 e. The molecule has 2 N–H and O–H groups in total. The summed E-state index contributed by atoms with van der Waals surface area (Å²) in [6.07, 6.45) is 25.1. The van der Waals surface area contributed by atoms with E-state index in [2.05, 4.69) is 12.2 Å². The molecule has 0 spiro atoms. The molecule has 1 saturated carbocycles. The molecule has 0 aliphatic heterocycles. The van der Waals surface area contributed by atoms with Gasteiger partial charge in [0.15, 0.2) is 0 Å². The molecule has 0 saturated heterocycles. The summed E-state index contributed by atoms with van der Waals surface area (Å²) in [5.74, 6) is 0.278. The number of hydrogen-bond donors (Lipinski definition) is 2. The van der Waals surface area contributed by atoms with E-state index in [1.54, 1.807) is 0 Å². The molecule has 1 amide bonds. The largest absolute Gasteiger partial charge is 0.393 e. The van der Waals surface area contributed by atoms with Crippen LogP contribution in [0.25, 0.3) is 0 Å². The van der Waals surface area contributed by atoms with E-state index in [0.717, 1.165) is 19.3 Å². The van der Waals surface area contributed by atoms with Gasteiger partial charge in [-0.2, -0.15) is 0 Å². The normalized spacial score (nSPS) is 16.6. The van der Waals surface area contributed by atoms with Gasteiger partial charge in [-0.15, -0.1) is 0 Å². The van der Waals surface area contributed by atoms with Gasteiger partial charge in [0.1, 0.15) is 0 Å². The third kappa shape index (κ3) is 15.4. The number of amides is 1. The minimum Gasteiger partial charge on any atom is -0.393 e. The topological polar surface area (TPSA) is 49.3 Å². The quantitative estimate of drug-likeness (QED) is 0.205. The fourth-order valence-electron chi connectivity index (χ4n) is 4.40. The van der Waals surface area contributed by atoms with E-state index in [1.807, 2.05) is 0 Å². The Bertz CT molecular complexity index is 350. The van der Waals surface area contributed by atoms with Crippen LogP contribution >= 0.6 is 0 Å². The first kappa shape index (κ1) is 25.5. The fourth-order valence-corrected chi connectivity index (χ4v) is 4.40. The number of hydrogen-bond acceptors (Lipinski definition) is 2. The molecule has 1 fully saturated rings. The Morgan fingerprint density at radius 2 is 1.29 bits per heavy atom. The van der Waals surface area contributed by atoms with E-state index in [9.17, 15) is 9.90 Å². The molecule has 1 unspecified atom stereocenters. The van der Waals surface area contributed by atoms with Crippen LogP contribution in [-0.2, 0) is 4.79 Å². The second-order valence-electron chi connectivity index (χ2n) is 9.13. The highest BCUT2D eigenvalue weighted by atomic mass is 16.3. The highest BCUT2D eigenvalue weighted by Crippen LogP contribution is 2.18. The van der Waals surface area contributed by atoms with Crippen LogP contribution in [0.15, 0.2) is 0 Å². The molecule has 1 rings (SSSR count). The Kier molecular flexibility index (Phi) is 16.8. The Morgan fingerprint density at radius 1 is 0.786 bits per heavy atom. The van der Waals surface area contributed by atoms with Crippen LogP contribution in [-0.4, -0.2) is 23.2 Å². The molecule has 0 bridgehead atoms. The second-order valence-corrected chi connectivity index (χ2v) is 9.13. The number of aliphatic hydroxyl groups is 1. The molecular formula is C25H49NO2. The minimum absolute atomic E-state index is 0.0685. The molecule has 1 aliphatic rings. The van der Waals surface area contributed by atoms with Gasteiger partial charge in [0.05, 0.1) is 6.10 Å². The van der Waals surface area contributed by atoms with Gasteiger partial charge in [0, 0.05) is 12.5 Å². The first-order valence-electron chi connectivity index (χ1n) is 12.7. The summed E-state index contributed by atoms with van der Waals surface area (Å²) in [4.78, 5) is 12.1. The summed E-state index contributed by atoms with van der Waals surface area (Å²) < 4.78 is 0. The monoisotopic (exact) mass is 395 g/mol. The van der Waals surface area contributed by atoms with Gasteiger partial charge in [-0.1, -0.05) is 103 Å². The van der Waals surface area contributed by atoms with E-state index in [4.69, 9.17) is 0 Å². The van der Waals surface area contributed by atoms with E-state index in [1.165, 1.54) is 109 Å². The van der Waals surface area contributed by atoms with E-state index < -0.39 is 0 Å². The lowest BCUT2D eigenvalue weighted by molar-refractivity contribution is -0.122. The first-order valence-corrected chi connectivity index (χ1v) is 12.7. The predicted octanol–water partition coefficient (Wildman–Crippen LogP) is 7.06. The van der Waals surface area contributed by atoms with Gasteiger partial charge >= 0.3 is 0 Å². The first-order chi connectivity index (χ1) is 13.7. The van der Waals surface area contributed by atoms with Gasteiger partial charge in [-0.25, -0.2) is 0 Å². The minimum atomic E-state index is -0.0685. The van der Waals surface area contributed by atoms with Crippen molar-refractivity contribution in [3.63, 3.8) is 0 Å². The van der Waals surface area contributed by atoms with Crippen LogP contribution in [0, 0.1) is 0 Å². The number of carbonyl (C=O) groups is 1. The maximum atomic E-state index is 12.1. The third-order valence-electron chi connectivity index (χ3n) is 6.30. The predicted molar refractivity (Wildman–Crippen MR) is 121 cm³/mol. The molecule has 3 heteroatoms. The van der Waals surface area contributed by atoms with Crippen molar-refractivity contribution in [2.45, 2.75) is 154 Å². The highest BCUT2D eigenvalue weighted by molar-refractivity contribution is 5.76. The lowest BCUT2D eigenvalue weighted by atomic mass is 10.0. The van der Waals surface area contributed by atoms with Gasteiger partial charge in [0.25, 0.3) is 0 Å². The Balaban J connectivity index is 1.81.